The fourth-order valence-corrected chi connectivity index (χ4v) is 2.28. The first-order valence-electron chi connectivity index (χ1n) is 6.75. The summed E-state index contributed by atoms with van der Waals surface area (Å²) in [6, 6.07) is 10.7. The smallest absolute Gasteiger partial charge is 0.123 e. The van der Waals surface area contributed by atoms with Gasteiger partial charge < -0.3 is 9.73 Å². The zero-order valence-corrected chi connectivity index (χ0v) is 11.2. The molecule has 2 aromatic rings. The first-order valence-corrected chi connectivity index (χ1v) is 6.75. The summed E-state index contributed by atoms with van der Waals surface area (Å²) in [6.07, 6.45) is 3.42. The molecular weight excluding hydrogens is 241 g/mol. The molecule has 0 aliphatic rings. The Labute approximate surface area is 113 Å². The van der Waals surface area contributed by atoms with E-state index < -0.39 is 0 Å². The van der Waals surface area contributed by atoms with Crippen LogP contribution in [0.1, 0.15) is 18.2 Å². The Morgan fingerprint density at radius 3 is 2.79 bits per heavy atom. The molecule has 0 saturated carbocycles. The molecule has 1 unspecified atom stereocenters. The van der Waals surface area contributed by atoms with Crippen molar-refractivity contribution in [2.24, 2.45) is 5.92 Å². The fraction of sp³-hybridized carbons (Fsp3) is 0.375. The molecule has 2 nitrogen and oxygen atoms in total. The first kappa shape index (κ1) is 13.8. The normalized spacial score (nSPS) is 12.5. The van der Waals surface area contributed by atoms with Crippen LogP contribution in [0.25, 0.3) is 0 Å². The van der Waals surface area contributed by atoms with E-state index in [9.17, 15) is 4.39 Å². The van der Waals surface area contributed by atoms with E-state index in [2.05, 4.69) is 12.2 Å². The Morgan fingerprint density at radius 1 is 1.21 bits per heavy atom. The van der Waals surface area contributed by atoms with E-state index in [1.807, 2.05) is 18.2 Å². The van der Waals surface area contributed by atoms with Gasteiger partial charge in [0.2, 0.25) is 0 Å². The maximum atomic E-state index is 13.2. The van der Waals surface area contributed by atoms with Gasteiger partial charge in [0, 0.05) is 6.42 Å². The van der Waals surface area contributed by atoms with Gasteiger partial charge in [0.15, 0.2) is 0 Å². The Bertz CT molecular complexity index is 481. The number of benzene rings is 1. The van der Waals surface area contributed by atoms with Crippen molar-refractivity contribution >= 4 is 0 Å². The van der Waals surface area contributed by atoms with Crippen molar-refractivity contribution in [3.63, 3.8) is 0 Å². The molecule has 1 atom stereocenters. The minimum atomic E-state index is -0.169. The zero-order valence-electron chi connectivity index (χ0n) is 11.2. The molecule has 0 saturated heterocycles. The number of furan rings is 1. The molecule has 0 fully saturated rings. The van der Waals surface area contributed by atoms with E-state index in [4.69, 9.17) is 4.42 Å². The first-order chi connectivity index (χ1) is 9.28. The summed E-state index contributed by atoms with van der Waals surface area (Å²) in [5, 5.41) is 3.36. The lowest BCUT2D eigenvalue weighted by molar-refractivity contribution is 0.418. The SMILES string of the molecule is CCNCC(Cc1cccc(F)c1)Cc1ccco1. The van der Waals surface area contributed by atoms with Gasteiger partial charge in [-0.25, -0.2) is 4.39 Å². The monoisotopic (exact) mass is 261 g/mol. The predicted octanol–water partition coefficient (Wildman–Crippen LogP) is 3.43. The summed E-state index contributed by atoms with van der Waals surface area (Å²) in [4.78, 5) is 0. The van der Waals surface area contributed by atoms with Gasteiger partial charge in [-0.3, -0.25) is 0 Å². The molecule has 0 bridgehead atoms. The van der Waals surface area contributed by atoms with Gasteiger partial charge in [0.1, 0.15) is 11.6 Å². The zero-order chi connectivity index (χ0) is 13.5. The molecule has 0 aliphatic heterocycles. The van der Waals surface area contributed by atoms with Gasteiger partial charge >= 0.3 is 0 Å². The van der Waals surface area contributed by atoms with Crippen LogP contribution in [0.3, 0.4) is 0 Å². The molecule has 2 rings (SSSR count). The van der Waals surface area contributed by atoms with Gasteiger partial charge in [-0.2, -0.15) is 0 Å². The number of hydrogen-bond acceptors (Lipinski definition) is 2. The van der Waals surface area contributed by atoms with E-state index in [0.29, 0.717) is 5.92 Å². The van der Waals surface area contributed by atoms with Gasteiger partial charge in [-0.05, 0) is 55.3 Å². The molecule has 1 N–H and O–H groups in total. The van der Waals surface area contributed by atoms with Crippen molar-refractivity contribution in [2.75, 3.05) is 13.1 Å². The van der Waals surface area contributed by atoms with E-state index in [-0.39, 0.29) is 5.82 Å². The molecule has 1 heterocycles. The van der Waals surface area contributed by atoms with Crippen molar-refractivity contribution < 1.29 is 8.81 Å². The Morgan fingerprint density at radius 2 is 2.11 bits per heavy atom. The van der Waals surface area contributed by atoms with Crippen LogP contribution in [0.2, 0.25) is 0 Å². The maximum absolute atomic E-state index is 13.2. The summed E-state index contributed by atoms with van der Waals surface area (Å²) in [6.45, 7) is 3.94. The lowest BCUT2D eigenvalue weighted by Gasteiger charge is -2.16. The summed E-state index contributed by atoms with van der Waals surface area (Å²) in [5.41, 5.74) is 1.04. The van der Waals surface area contributed by atoms with Crippen molar-refractivity contribution in [3.8, 4) is 0 Å². The molecule has 1 aromatic carbocycles. The lowest BCUT2D eigenvalue weighted by atomic mass is 9.95. The third kappa shape index (κ3) is 4.52. The molecule has 19 heavy (non-hydrogen) atoms. The molecular formula is C16H20FNO. The van der Waals surface area contributed by atoms with E-state index in [1.165, 1.54) is 6.07 Å². The predicted molar refractivity (Wildman–Crippen MR) is 74.5 cm³/mol. The number of hydrogen-bond donors (Lipinski definition) is 1. The summed E-state index contributed by atoms with van der Waals surface area (Å²) < 4.78 is 18.6. The number of halogens is 1. The second kappa shape index (κ2) is 7.10. The topological polar surface area (TPSA) is 25.2 Å². The van der Waals surface area contributed by atoms with Crippen LogP contribution in [0.4, 0.5) is 4.39 Å². The van der Waals surface area contributed by atoms with Gasteiger partial charge in [-0.1, -0.05) is 19.1 Å². The highest BCUT2D eigenvalue weighted by Gasteiger charge is 2.12. The number of nitrogens with one attached hydrogen (secondary N) is 1. The largest absolute Gasteiger partial charge is 0.469 e. The van der Waals surface area contributed by atoms with Gasteiger partial charge in [-0.15, -0.1) is 0 Å². The molecule has 102 valence electrons. The van der Waals surface area contributed by atoms with Crippen LogP contribution in [-0.2, 0) is 12.8 Å². The quantitative estimate of drug-likeness (QED) is 0.826. The summed E-state index contributed by atoms with van der Waals surface area (Å²) >= 11 is 0. The number of rotatable bonds is 7. The van der Waals surface area contributed by atoms with E-state index in [0.717, 1.165) is 37.3 Å². The third-order valence-corrected chi connectivity index (χ3v) is 3.17. The highest BCUT2D eigenvalue weighted by molar-refractivity contribution is 5.17. The van der Waals surface area contributed by atoms with Crippen molar-refractivity contribution in [1.29, 1.82) is 0 Å². The second-order valence-corrected chi connectivity index (χ2v) is 4.79. The highest BCUT2D eigenvalue weighted by atomic mass is 19.1. The molecule has 0 amide bonds. The molecule has 0 aliphatic carbocycles. The summed E-state index contributed by atoms with van der Waals surface area (Å²) in [7, 11) is 0. The van der Waals surface area contributed by atoms with Crippen LogP contribution in [-0.4, -0.2) is 13.1 Å². The molecule has 1 aromatic heterocycles. The minimum Gasteiger partial charge on any atom is -0.469 e. The molecule has 3 heteroatoms. The van der Waals surface area contributed by atoms with E-state index >= 15 is 0 Å². The molecule has 0 radical (unpaired) electrons. The average molecular weight is 261 g/mol. The summed E-state index contributed by atoms with van der Waals surface area (Å²) in [5.74, 6) is 1.23. The highest BCUT2D eigenvalue weighted by Crippen LogP contribution is 2.15. The van der Waals surface area contributed by atoms with Crippen molar-refractivity contribution in [3.05, 3.63) is 59.8 Å². The fourth-order valence-electron chi connectivity index (χ4n) is 2.28. The maximum Gasteiger partial charge on any atom is 0.123 e. The third-order valence-electron chi connectivity index (χ3n) is 3.17. The van der Waals surface area contributed by atoms with Crippen LogP contribution in [0.5, 0.6) is 0 Å². The van der Waals surface area contributed by atoms with E-state index in [1.54, 1.807) is 18.4 Å². The van der Waals surface area contributed by atoms with Gasteiger partial charge in [0.05, 0.1) is 6.26 Å². The van der Waals surface area contributed by atoms with Crippen molar-refractivity contribution in [2.45, 2.75) is 19.8 Å². The Hall–Kier alpha value is -1.61. The second-order valence-electron chi connectivity index (χ2n) is 4.79. The Balaban J connectivity index is 2.00. The van der Waals surface area contributed by atoms with Crippen LogP contribution >= 0.6 is 0 Å². The van der Waals surface area contributed by atoms with Crippen LogP contribution < -0.4 is 5.32 Å². The standard InChI is InChI=1S/C16H20FNO/c1-2-18-12-14(11-16-7-4-8-19-16)9-13-5-3-6-15(17)10-13/h3-8,10,14,18H,2,9,11-12H2,1H3. The lowest BCUT2D eigenvalue weighted by Crippen LogP contribution is -2.25. The van der Waals surface area contributed by atoms with Gasteiger partial charge in [0.25, 0.3) is 0 Å². The molecule has 0 spiro atoms. The van der Waals surface area contributed by atoms with Crippen molar-refractivity contribution in [1.82, 2.24) is 5.32 Å². The average Bonchev–Trinajstić information content (AvgIpc) is 2.89. The minimum absolute atomic E-state index is 0.169. The van der Waals surface area contributed by atoms with Crippen LogP contribution in [0, 0.1) is 11.7 Å². The van der Waals surface area contributed by atoms with Crippen LogP contribution in [0.15, 0.2) is 47.1 Å². The Kier molecular flexibility index (Phi) is 5.16.